The Labute approximate surface area is 140 Å². The third kappa shape index (κ3) is 2.58. The summed E-state index contributed by atoms with van der Waals surface area (Å²) in [4.78, 5) is 30.4. The van der Waals surface area contributed by atoms with Gasteiger partial charge in [0, 0.05) is 17.5 Å². The number of imide groups is 1. The van der Waals surface area contributed by atoms with E-state index >= 15 is 0 Å². The van der Waals surface area contributed by atoms with Gasteiger partial charge in [0.15, 0.2) is 0 Å². The number of urea groups is 1. The molecule has 1 saturated carbocycles. The number of rotatable bonds is 3. The summed E-state index contributed by atoms with van der Waals surface area (Å²) in [5.41, 5.74) is -0.604. The first-order valence-corrected chi connectivity index (χ1v) is 9.49. The number of thiophene rings is 1. The fourth-order valence-corrected chi connectivity index (χ4v) is 5.17. The molecular weight excluding hydrogens is 310 g/mol. The van der Waals surface area contributed by atoms with Gasteiger partial charge >= 0.3 is 6.03 Å². The Morgan fingerprint density at radius 1 is 1.22 bits per heavy atom. The maximum absolute atomic E-state index is 12.9. The van der Waals surface area contributed by atoms with E-state index < -0.39 is 5.54 Å². The number of carbonyl (C=O) groups is 2. The van der Waals surface area contributed by atoms with E-state index in [9.17, 15) is 9.59 Å². The smallest absolute Gasteiger partial charge is 0.323 e. The summed E-state index contributed by atoms with van der Waals surface area (Å²) in [6, 6.07) is 4.37. The van der Waals surface area contributed by atoms with Gasteiger partial charge in [-0.05, 0) is 37.1 Å². The number of nitrogens with zero attached hydrogens (tertiary/aromatic N) is 2. The number of hydrogen-bond acceptors (Lipinski definition) is 4. The molecule has 1 spiro atoms. The van der Waals surface area contributed by atoms with Crippen molar-refractivity contribution in [3.8, 4) is 0 Å². The van der Waals surface area contributed by atoms with Gasteiger partial charge in [0.25, 0.3) is 5.91 Å². The molecule has 3 aliphatic rings. The standard InChI is InChI=1S/C17H23N3O2S/c21-15-17(8-2-1-3-9-17)18-16(22)20(15)12-19-10-4-6-13(19)14-7-5-11-23-14/h5,7,11,13H,1-4,6,8-10,12H2,(H,18,22)/t13-/m1/s1. The van der Waals surface area contributed by atoms with Crippen molar-refractivity contribution in [1.82, 2.24) is 15.1 Å². The third-order valence-electron chi connectivity index (χ3n) is 5.51. The quantitative estimate of drug-likeness (QED) is 0.865. The second kappa shape index (κ2) is 5.91. The number of nitrogens with one attached hydrogen (secondary N) is 1. The molecule has 1 atom stereocenters. The monoisotopic (exact) mass is 333 g/mol. The van der Waals surface area contributed by atoms with E-state index in [1.54, 1.807) is 11.3 Å². The zero-order chi connectivity index (χ0) is 15.9. The van der Waals surface area contributed by atoms with Crippen LogP contribution in [0.2, 0.25) is 0 Å². The van der Waals surface area contributed by atoms with E-state index in [2.05, 4.69) is 27.7 Å². The summed E-state index contributed by atoms with van der Waals surface area (Å²) in [5.74, 6) is -0.000899. The SMILES string of the molecule is O=C1NC2(CCCCC2)C(=O)N1CN1CCC[C@@H]1c1cccs1. The van der Waals surface area contributed by atoms with E-state index in [1.807, 2.05) is 0 Å². The maximum atomic E-state index is 12.9. The molecule has 124 valence electrons. The van der Waals surface area contributed by atoms with E-state index in [-0.39, 0.29) is 11.9 Å². The Balaban J connectivity index is 1.50. The highest BCUT2D eigenvalue weighted by atomic mass is 32.1. The van der Waals surface area contributed by atoms with Crippen LogP contribution in [0.25, 0.3) is 0 Å². The van der Waals surface area contributed by atoms with Gasteiger partial charge in [0.1, 0.15) is 5.54 Å². The molecule has 1 aliphatic carbocycles. The molecular formula is C17H23N3O2S. The number of likely N-dealkylation sites (tertiary alicyclic amines) is 1. The van der Waals surface area contributed by atoms with Gasteiger partial charge in [-0.2, -0.15) is 0 Å². The molecule has 1 aromatic rings. The normalized spacial score (nSPS) is 27.8. The van der Waals surface area contributed by atoms with Gasteiger partial charge in [-0.15, -0.1) is 11.3 Å². The number of amides is 3. The van der Waals surface area contributed by atoms with Crippen LogP contribution in [0.3, 0.4) is 0 Å². The van der Waals surface area contributed by atoms with Crippen molar-refractivity contribution in [3.63, 3.8) is 0 Å². The fraction of sp³-hybridized carbons (Fsp3) is 0.647. The third-order valence-corrected chi connectivity index (χ3v) is 6.48. The van der Waals surface area contributed by atoms with Crippen LogP contribution in [0.15, 0.2) is 17.5 Å². The van der Waals surface area contributed by atoms with Crippen LogP contribution in [-0.2, 0) is 4.79 Å². The van der Waals surface area contributed by atoms with Crippen LogP contribution in [-0.4, -0.2) is 40.5 Å². The summed E-state index contributed by atoms with van der Waals surface area (Å²) < 4.78 is 0. The molecule has 5 nitrogen and oxygen atoms in total. The Hall–Kier alpha value is -1.40. The van der Waals surface area contributed by atoms with E-state index in [1.165, 1.54) is 9.78 Å². The van der Waals surface area contributed by atoms with Gasteiger partial charge < -0.3 is 5.32 Å². The van der Waals surface area contributed by atoms with E-state index in [4.69, 9.17) is 0 Å². The van der Waals surface area contributed by atoms with Crippen LogP contribution >= 0.6 is 11.3 Å². The van der Waals surface area contributed by atoms with Crippen molar-refractivity contribution in [2.75, 3.05) is 13.2 Å². The highest BCUT2D eigenvalue weighted by Crippen LogP contribution is 2.37. The highest BCUT2D eigenvalue weighted by molar-refractivity contribution is 7.10. The molecule has 3 amide bonds. The predicted octanol–water partition coefficient (Wildman–Crippen LogP) is 3.10. The van der Waals surface area contributed by atoms with E-state index in [0.29, 0.717) is 12.7 Å². The minimum atomic E-state index is -0.604. The lowest BCUT2D eigenvalue weighted by Crippen LogP contribution is -2.49. The van der Waals surface area contributed by atoms with Crippen LogP contribution in [0, 0.1) is 0 Å². The number of carbonyl (C=O) groups excluding carboxylic acids is 2. The Kier molecular flexibility index (Phi) is 3.89. The van der Waals surface area contributed by atoms with Gasteiger partial charge in [-0.25, -0.2) is 9.69 Å². The topological polar surface area (TPSA) is 52.7 Å². The molecule has 3 heterocycles. The second-order valence-corrected chi connectivity index (χ2v) is 7.91. The lowest BCUT2D eigenvalue weighted by atomic mass is 9.82. The van der Waals surface area contributed by atoms with Crippen molar-refractivity contribution in [1.29, 1.82) is 0 Å². The minimum absolute atomic E-state index is 0.000899. The zero-order valence-electron chi connectivity index (χ0n) is 13.3. The average molecular weight is 333 g/mol. The van der Waals surface area contributed by atoms with Crippen molar-refractivity contribution in [3.05, 3.63) is 22.4 Å². The van der Waals surface area contributed by atoms with Crippen molar-refractivity contribution < 1.29 is 9.59 Å². The minimum Gasteiger partial charge on any atom is -0.323 e. The summed E-state index contributed by atoms with van der Waals surface area (Å²) >= 11 is 1.76. The molecule has 0 aromatic carbocycles. The van der Waals surface area contributed by atoms with Gasteiger partial charge in [-0.1, -0.05) is 25.3 Å². The molecule has 1 aromatic heterocycles. The first-order chi connectivity index (χ1) is 11.2. The predicted molar refractivity (Wildman–Crippen MR) is 89.1 cm³/mol. The Bertz CT molecular complexity index is 595. The lowest BCUT2D eigenvalue weighted by molar-refractivity contribution is -0.134. The molecule has 1 N–H and O–H groups in total. The van der Waals surface area contributed by atoms with Crippen molar-refractivity contribution in [2.24, 2.45) is 0 Å². The van der Waals surface area contributed by atoms with E-state index in [0.717, 1.165) is 51.5 Å². The molecule has 0 unspecified atom stereocenters. The fourth-order valence-electron chi connectivity index (χ4n) is 4.28. The summed E-state index contributed by atoms with van der Waals surface area (Å²) in [6.45, 7) is 1.38. The molecule has 0 radical (unpaired) electrons. The first kappa shape index (κ1) is 15.1. The van der Waals surface area contributed by atoms with Gasteiger partial charge in [0.2, 0.25) is 0 Å². The van der Waals surface area contributed by atoms with Crippen LogP contribution in [0.1, 0.15) is 55.9 Å². The molecule has 2 aliphatic heterocycles. The van der Waals surface area contributed by atoms with Crippen LogP contribution in [0.5, 0.6) is 0 Å². The summed E-state index contributed by atoms with van der Waals surface area (Å²) in [6.07, 6.45) is 7.04. The molecule has 3 fully saturated rings. The van der Waals surface area contributed by atoms with Crippen LogP contribution in [0.4, 0.5) is 4.79 Å². The molecule has 2 saturated heterocycles. The summed E-state index contributed by atoms with van der Waals surface area (Å²) in [7, 11) is 0. The Morgan fingerprint density at radius 3 is 2.78 bits per heavy atom. The zero-order valence-corrected chi connectivity index (χ0v) is 14.1. The average Bonchev–Trinajstić information content (AvgIpc) is 3.26. The van der Waals surface area contributed by atoms with Gasteiger partial charge in [0.05, 0.1) is 6.67 Å². The van der Waals surface area contributed by atoms with Gasteiger partial charge in [-0.3, -0.25) is 9.69 Å². The first-order valence-electron chi connectivity index (χ1n) is 8.61. The largest absolute Gasteiger partial charge is 0.326 e. The summed E-state index contributed by atoms with van der Waals surface area (Å²) in [5, 5.41) is 5.10. The van der Waals surface area contributed by atoms with Crippen molar-refractivity contribution in [2.45, 2.75) is 56.5 Å². The Morgan fingerprint density at radius 2 is 2.04 bits per heavy atom. The molecule has 6 heteroatoms. The lowest BCUT2D eigenvalue weighted by Gasteiger charge is -2.31. The second-order valence-electron chi connectivity index (χ2n) is 6.93. The molecule has 23 heavy (non-hydrogen) atoms. The van der Waals surface area contributed by atoms with Crippen molar-refractivity contribution >= 4 is 23.3 Å². The molecule has 4 rings (SSSR count). The molecule has 0 bridgehead atoms. The number of hydrogen-bond donors (Lipinski definition) is 1. The van der Waals surface area contributed by atoms with Crippen LogP contribution < -0.4 is 5.32 Å². The maximum Gasteiger partial charge on any atom is 0.326 e. The highest BCUT2D eigenvalue weighted by Gasteiger charge is 2.51.